The van der Waals surface area contributed by atoms with Crippen LogP contribution in [0.2, 0.25) is 0 Å². The molecule has 0 spiro atoms. The number of imidazole rings is 1. The number of aliphatic hydroxyl groups is 3. The van der Waals surface area contributed by atoms with Crippen molar-refractivity contribution in [3.05, 3.63) is 54.2 Å². The third-order valence-corrected chi connectivity index (χ3v) is 4.44. The Morgan fingerprint density at radius 2 is 1.84 bits per heavy atom. The molecule has 1 fully saturated rings. The van der Waals surface area contributed by atoms with Crippen molar-refractivity contribution in [3.63, 3.8) is 0 Å². The number of ether oxygens (including phenoxy) is 1. The highest BCUT2D eigenvalue weighted by Crippen LogP contribution is 2.31. The molecule has 0 aliphatic carbocycles. The van der Waals surface area contributed by atoms with Gasteiger partial charge in [-0.3, -0.25) is 4.57 Å². The van der Waals surface area contributed by atoms with Crippen molar-refractivity contribution >= 4 is 11.2 Å². The van der Waals surface area contributed by atoms with Gasteiger partial charge in [0, 0.05) is 6.42 Å². The van der Waals surface area contributed by atoms with Gasteiger partial charge in [0.1, 0.15) is 30.2 Å². The van der Waals surface area contributed by atoms with Crippen LogP contribution in [-0.4, -0.2) is 59.8 Å². The molecule has 0 saturated carbocycles. The molecule has 0 amide bonds. The molecule has 3 aromatic rings. The third kappa shape index (κ3) is 2.79. The average Bonchev–Trinajstić information content (AvgIpc) is 3.18. The lowest BCUT2D eigenvalue weighted by atomic mass is 10.1. The quantitative estimate of drug-likeness (QED) is 0.613. The Balaban J connectivity index is 1.70. The van der Waals surface area contributed by atoms with Crippen LogP contribution in [-0.2, 0) is 11.2 Å². The lowest BCUT2D eigenvalue weighted by molar-refractivity contribution is -0.0511. The summed E-state index contributed by atoms with van der Waals surface area (Å²) < 4.78 is 7.12. The van der Waals surface area contributed by atoms with Crippen LogP contribution in [0, 0.1) is 0 Å². The Morgan fingerprint density at radius 3 is 2.56 bits per heavy atom. The number of rotatable bonds is 4. The normalized spacial score (nSPS) is 26.4. The fraction of sp³-hybridized carbons (Fsp3) is 0.353. The SMILES string of the molecule is OC[C@H]1O[C@@H](n2cnc3c(Cc4ccccc4)ncnc32)[C@H](O)[C@@H]1O. The highest BCUT2D eigenvalue weighted by Gasteiger charge is 2.43. The molecule has 0 unspecified atom stereocenters. The van der Waals surface area contributed by atoms with Gasteiger partial charge >= 0.3 is 0 Å². The fourth-order valence-corrected chi connectivity index (χ4v) is 3.12. The zero-order valence-corrected chi connectivity index (χ0v) is 13.3. The molecule has 4 atom stereocenters. The van der Waals surface area contributed by atoms with Crippen LogP contribution in [0.25, 0.3) is 11.2 Å². The summed E-state index contributed by atoms with van der Waals surface area (Å²) in [5, 5.41) is 29.4. The molecule has 4 rings (SSSR count). The van der Waals surface area contributed by atoms with E-state index in [-0.39, 0.29) is 6.61 Å². The summed E-state index contributed by atoms with van der Waals surface area (Å²) in [4.78, 5) is 13.0. The number of hydrogen-bond donors (Lipinski definition) is 3. The Labute approximate surface area is 143 Å². The highest BCUT2D eigenvalue weighted by molar-refractivity contribution is 5.73. The molecule has 3 heterocycles. The molecular weight excluding hydrogens is 324 g/mol. The van der Waals surface area contributed by atoms with E-state index in [4.69, 9.17) is 4.74 Å². The summed E-state index contributed by atoms with van der Waals surface area (Å²) in [6.45, 7) is -0.379. The van der Waals surface area contributed by atoms with Crippen LogP contribution in [0.15, 0.2) is 43.0 Å². The Morgan fingerprint density at radius 1 is 1.04 bits per heavy atom. The first-order chi connectivity index (χ1) is 12.2. The van der Waals surface area contributed by atoms with E-state index in [2.05, 4.69) is 15.0 Å². The predicted molar refractivity (Wildman–Crippen MR) is 87.6 cm³/mol. The topological polar surface area (TPSA) is 114 Å². The van der Waals surface area contributed by atoms with Crippen LogP contribution < -0.4 is 0 Å². The van der Waals surface area contributed by atoms with Crippen molar-refractivity contribution in [3.8, 4) is 0 Å². The molecule has 8 heteroatoms. The second-order valence-electron chi connectivity index (χ2n) is 6.04. The second kappa shape index (κ2) is 6.49. The summed E-state index contributed by atoms with van der Waals surface area (Å²) in [6.07, 6.45) is -0.499. The number of fused-ring (bicyclic) bond motifs is 1. The minimum atomic E-state index is -1.18. The average molecular weight is 342 g/mol. The van der Waals surface area contributed by atoms with E-state index in [1.54, 1.807) is 4.57 Å². The van der Waals surface area contributed by atoms with Crippen molar-refractivity contribution in [2.24, 2.45) is 0 Å². The van der Waals surface area contributed by atoms with Gasteiger partial charge < -0.3 is 20.1 Å². The molecular formula is C17H18N4O4. The summed E-state index contributed by atoms with van der Waals surface area (Å²) in [7, 11) is 0. The summed E-state index contributed by atoms with van der Waals surface area (Å²) in [6, 6.07) is 9.90. The van der Waals surface area contributed by atoms with Gasteiger partial charge in [0.25, 0.3) is 0 Å². The van der Waals surface area contributed by atoms with Crippen molar-refractivity contribution in [1.82, 2.24) is 19.5 Å². The lowest BCUT2D eigenvalue weighted by Crippen LogP contribution is -2.33. The number of hydrogen-bond acceptors (Lipinski definition) is 7. The van der Waals surface area contributed by atoms with Crippen molar-refractivity contribution in [1.29, 1.82) is 0 Å². The maximum Gasteiger partial charge on any atom is 0.165 e. The monoisotopic (exact) mass is 342 g/mol. The van der Waals surface area contributed by atoms with E-state index in [9.17, 15) is 15.3 Å². The van der Waals surface area contributed by atoms with Crippen molar-refractivity contribution < 1.29 is 20.1 Å². The first-order valence-electron chi connectivity index (χ1n) is 8.02. The first kappa shape index (κ1) is 16.1. The molecule has 1 aromatic carbocycles. The molecule has 25 heavy (non-hydrogen) atoms. The number of aromatic nitrogens is 4. The van der Waals surface area contributed by atoms with Crippen LogP contribution in [0.5, 0.6) is 0 Å². The second-order valence-corrected chi connectivity index (χ2v) is 6.04. The van der Waals surface area contributed by atoms with Crippen molar-refractivity contribution in [2.75, 3.05) is 6.61 Å². The minimum absolute atomic E-state index is 0.379. The maximum atomic E-state index is 10.2. The Bertz CT molecular complexity index is 869. The standard InChI is InChI=1S/C17H18N4O4/c22-7-12-14(23)15(24)17(25-12)21-9-20-13-11(18-8-19-16(13)21)6-10-4-2-1-3-5-10/h1-5,8-9,12,14-15,17,22-24H,6-7H2/t12-,14-,15-,17-/m1/s1. The van der Waals surface area contributed by atoms with Gasteiger partial charge in [-0.25, -0.2) is 15.0 Å². The summed E-state index contributed by atoms with van der Waals surface area (Å²) in [5.41, 5.74) is 2.99. The van der Waals surface area contributed by atoms with Crippen LogP contribution in [0.4, 0.5) is 0 Å². The minimum Gasteiger partial charge on any atom is -0.394 e. The number of nitrogens with zero attached hydrogens (tertiary/aromatic N) is 4. The van der Waals surface area contributed by atoms with E-state index in [0.717, 1.165) is 11.3 Å². The van der Waals surface area contributed by atoms with E-state index >= 15 is 0 Å². The van der Waals surface area contributed by atoms with Gasteiger partial charge in [-0.1, -0.05) is 30.3 Å². The molecule has 130 valence electrons. The smallest absolute Gasteiger partial charge is 0.165 e. The van der Waals surface area contributed by atoms with Gasteiger partial charge in [-0.2, -0.15) is 0 Å². The summed E-state index contributed by atoms with van der Waals surface area (Å²) in [5.74, 6) is 0. The van der Waals surface area contributed by atoms with Crippen molar-refractivity contribution in [2.45, 2.75) is 31.0 Å². The zero-order valence-electron chi connectivity index (χ0n) is 13.3. The molecule has 8 nitrogen and oxygen atoms in total. The van der Waals surface area contributed by atoms with Gasteiger partial charge in [0.15, 0.2) is 11.9 Å². The van der Waals surface area contributed by atoms with Crippen LogP contribution >= 0.6 is 0 Å². The Kier molecular flexibility index (Phi) is 4.18. The fourth-order valence-electron chi connectivity index (χ4n) is 3.12. The molecule has 3 N–H and O–H groups in total. The molecule has 0 bridgehead atoms. The number of aliphatic hydroxyl groups excluding tert-OH is 3. The van der Waals surface area contributed by atoms with Gasteiger partial charge in [0.2, 0.25) is 0 Å². The van der Waals surface area contributed by atoms with Gasteiger partial charge in [-0.05, 0) is 5.56 Å². The third-order valence-electron chi connectivity index (χ3n) is 4.44. The molecule has 1 saturated heterocycles. The molecule has 1 aliphatic heterocycles. The first-order valence-corrected chi connectivity index (χ1v) is 8.02. The Hall–Kier alpha value is -2.39. The molecule has 2 aromatic heterocycles. The lowest BCUT2D eigenvalue weighted by Gasteiger charge is -2.16. The van der Waals surface area contributed by atoms with Crippen LogP contribution in [0.1, 0.15) is 17.5 Å². The molecule has 1 aliphatic rings. The summed E-state index contributed by atoms with van der Waals surface area (Å²) >= 11 is 0. The van der Waals surface area contributed by atoms with Gasteiger partial charge in [0.05, 0.1) is 18.6 Å². The number of benzene rings is 1. The van der Waals surface area contributed by atoms with Crippen LogP contribution in [0.3, 0.4) is 0 Å². The molecule has 0 radical (unpaired) electrons. The van der Waals surface area contributed by atoms with E-state index in [1.807, 2.05) is 30.3 Å². The maximum absolute atomic E-state index is 10.2. The van der Waals surface area contributed by atoms with E-state index in [1.165, 1.54) is 12.7 Å². The predicted octanol–water partition coefficient (Wildman–Crippen LogP) is 0.0286. The van der Waals surface area contributed by atoms with Gasteiger partial charge in [-0.15, -0.1) is 0 Å². The largest absolute Gasteiger partial charge is 0.394 e. The van der Waals surface area contributed by atoms with E-state index < -0.39 is 24.5 Å². The van der Waals surface area contributed by atoms with E-state index in [0.29, 0.717) is 17.6 Å². The highest BCUT2D eigenvalue weighted by atomic mass is 16.6. The zero-order chi connectivity index (χ0) is 17.4.